The topological polar surface area (TPSA) is 72.2 Å². The van der Waals surface area contributed by atoms with Crippen molar-refractivity contribution >= 4 is 44.5 Å². The van der Waals surface area contributed by atoms with E-state index in [1.807, 2.05) is 6.92 Å². The van der Waals surface area contributed by atoms with Crippen LogP contribution >= 0.6 is 23.8 Å². The van der Waals surface area contributed by atoms with Crippen LogP contribution in [-0.2, 0) is 10.0 Å². The number of hydrogen-bond donors (Lipinski definition) is 2. The Morgan fingerprint density at radius 2 is 1.95 bits per heavy atom. The van der Waals surface area contributed by atoms with E-state index in [1.54, 1.807) is 30.3 Å². The lowest BCUT2D eigenvalue weighted by Crippen LogP contribution is -2.15. The fourth-order valence-electron chi connectivity index (χ4n) is 1.72. The average molecular weight is 341 g/mol. The molecule has 0 spiro atoms. The number of rotatable bonds is 4. The van der Waals surface area contributed by atoms with Gasteiger partial charge in [0.2, 0.25) is 0 Å². The van der Waals surface area contributed by atoms with E-state index < -0.39 is 10.0 Å². The van der Waals surface area contributed by atoms with Crippen LogP contribution in [-0.4, -0.2) is 13.4 Å². The van der Waals surface area contributed by atoms with E-state index in [4.69, 9.17) is 29.6 Å². The van der Waals surface area contributed by atoms with Crippen molar-refractivity contribution < 1.29 is 8.42 Å². The van der Waals surface area contributed by atoms with Gasteiger partial charge in [-0.3, -0.25) is 4.72 Å². The summed E-state index contributed by atoms with van der Waals surface area (Å²) in [4.78, 5) is 0.213. The van der Waals surface area contributed by atoms with Crippen LogP contribution in [0, 0.1) is 6.92 Å². The summed E-state index contributed by atoms with van der Waals surface area (Å²) in [5, 5.41) is 0.337. The highest BCUT2D eigenvalue weighted by molar-refractivity contribution is 7.92. The quantitative estimate of drug-likeness (QED) is 0.839. The molecule has 110 valence electrons. The lowest BCUT2D eigenvalue weighted by atomic mass is 10.2. The first-order valence-electron chi connectivity index (χ1n) is 5.98. The third-order valence-corrected chi connectivity index (χ3v) is 4.71. The summed E-state index contributed by atoms with van der Waals surface area (Å²) in [5.74, 6) is 0. The van der Waals surface area contributed by atoms with Crippen LogP contribution in [0.1, 0.15) is 11.1 Å². The Hall–Kier alpha value is -1.63. The monoisotopic (exact) mass is 340 g/mol. The van der Waals surface area contributed by atoms with E-state index in [0.29, 0.717) is 16.3 Å². The molecule has 0 fully saturated rings. The Morgan fingerprint density at radius 1 is 1.24 bits per heavy atom. The van der Waals surface area contributed by atoms with Gasteiger partial charge in [0.05, 0.1) is 15.6 Å². The van der Waals surface area contributed by atoms with E-state index >= 15 is 0 Å². The van der Waals surface area contributed by atoms with Gasteiger partial charge in [-0.05, 0) is 36.8 Å². The van der Waals surface area contributed by atoms with Crippen molar-refractivity contribution in [3.05, 3.63) is 58.6 Å². The Bertz CT molecular complexity index is 804. The molecule has 0 bridgehead atoms. The largest absolute Gasteiger partial charge is 0.389 e. The van der Waals surface area contributed by atoms with Crippen LogP contribution in [0.15, 0.2) is 47.4 Å². The third-order valence-electron chi connectivity index (χ3n) is 2.80. The van der Waals surface area contributed by atoms with Crippen molar-refractivity contribution in [3.63, 3.8) is 0 Å². The van der Waals surface area contributed by atoms with Crippen molar-refractivity contribution in [3.8, 4) is 0 Å². The Labute approximate surface area is 134 Å². The molecule has 0 radical (unpaired) electrons. The van der Waals surface area contributed by atoms with E-state index in [1.165, 1.54) is 12.1 Å². The first-order chi connectivity index (χ1) is 9.79. The van der Waals surface area contributed by atoms with E-state index in [-0.39, 0.29) is 9.88 Å². The second kappa shape index (κ2) is 6.01. The third kappa shape index (κ3) is 3.72. The van der Waals surface area contributed by atoms with Gasteiger partial charge in [-0.25, -0.2) is 8.42 Å². The molecule has 0 aliphatic rings. The van der Waals surface area contributed by atoms with Gasteiger partial charge in [-0.15, -0.1) is 0 Å². The molecule has 0 aliphatic heterocycles. The lowest BCUT2D eigenvalue weighted by molar-refractivity contribution is 0.601. The van der Waals surface area contributed by atoms with Crippen LogP contribution in [0.25, 0.3) is 0 Å². The average Bonchev–Trinajstić information content (AvgIpc) is 2.42. The molecule has 0 unspecified atom stereocenters. The van der Waals surface area contributed by atoms with Gasteiger partial charge in [-0.2, -0.15) is 0 Å². The summed E-state index contributed by atoms with van der Waals surface area (Å²) in [6.07, 6.45) is 0. The summed E-state index contributed by atoms with van der Waals surface area (Å²) in [7, 11) is -3.75. The summed E-state index contributed by atoms with van der Waals surface area (Å²) in [6, 6.07) is 11.2. The molecule has 2 rings (SSSR count). The number of anilines is 1. The molecule has 2 aromatic rings. The molecule has 2 aromatic carbocycles. The van der Waals surface area contributed by atoms with Gasteiger partial charge in [-0.1, -0.05) is 42.0 Å². The highest BCUT2D eigenvalue weighted by Crippen LogP contribution is 2.25. The van der Waals surface area contributed by atoms with Crippen LogP contribution in [0.5, 0.6) is 0 Å². The molecule has 0 saturated carbocycles. The minimum Gasteiger partial charge on any atom is -0.389 e. The van der Waals surface area contributed by atoms with Gasteiger partial charge < -0.3 is 5.73 Å². The lowest BCUT2D eigenvalue weighted by Gasteiger charge is -2.11. The van der Waals surface area contributed by atoms with Gasteiger partial charge in [0.15, 0.2) is 0 Å². The molecule has 0 aromatic heterocycles. The molecular formula is C14H13ClN2O2S2. The fourth-order valence-corrected chi connectivity index (χ4v) is 3.31. The SMILES string of the molecule is Cc1ccc(NS(=O)(=O)c2cccc(C(N)=S)c2)c(Cl)c1. The molecule has 4 nitrogen and oxygen atoms in total. The highest BCUT2D eigenvalue weighted by atomic mass is 35.5. The maximum atomic E-state index is 12.4. The first-order valence-corrected chi connectivity index (χ1v) is 8.25. The molecule has 0 saturated heterocycles. The molecule has 0 aliphatic carbocycles. The fraction of sp³-hybridized carbons (Fsp3) is 0.0714. The first kappa shape index (κ1) is 15.8. The predicted molar refractivity (Wildman–Crippen MR) is 89.3 cm³/mol. The number of benzene rings is 2. The standard InChI is InChI=1S/C14H13ClN2O2S2/c1-9-5-6-13(12(15)7-9)17-21(18,19)11-4-2-3-10(8-11)14(16)20/h2-8,17H,1H3,(H2,16,20). The van der Waals surface area contributed by atoms with Crippen LogP contribution in [0.3, 0.4) is 0 Å². The Morgan fingerprint density at radius 3 is 2.57 bits per heavy atom. The normalized spacial score (nSPS) is 11.1. The van der Waals surface area contributed by atoms with Crippen molar-refractivity contribution in [2.24, 2.45) is 5.73 Å². The number of nitrogens with one attached hydrogen (secondary N) is 1. The zero-order chi connectivity index (χ0) is 15.6. The minimum atomic E-state index is -3.75. The second-order valence-corrected chi connectivity index (χ2v) is 7.01. The molecule has 3 N–H and O–H groups in total. The molecule has 0 heterocycles. The van der Waals surface area contributed by atoms with Crippen molar-refractivity contribution in [1.82, 2.24) is 0 Å². The predicted octanol–water partition coefficient (Wildman–Crippen LogP) is 3.08. The van der Waals surface area contributed by atoms with Gasteiger partial charge in [0.25, 0.3) is 10.0 Å². The van der Waals surface area contributed by atoms with Crippen molar-refractivity contribution in [1.29, 1.82) is 0 Å². The van der Waals surface area contributed by atoms with Crippen LogP contribution in [0.4, 0.5) is 5.69 Å². The second-order valence-electron chi connectivity index (χ2n) is 4.48. The summed E-state index contributed by atoms with van der Waals surface area (Å²) in [6.45, 7) is 1.87. The van der Waals surface area contributed by atoms with Crippen LogP contribution in [0.2, 0.25) is 5.02 Å². The molecule has 7 heteroatoms. The van der Waals surface area contributed by atoms with E-state index in [9.17, 15) is 8.42 Å². The maximum Gasteiger partial charge on any atom is 0.261 e. The number of aryl methyl sites for hydroxylation is 1. The highest BCUT2D eigenvalue weighted by Gasteiger charge is 2.16. The summed E-state index contributed by atoms with van der Waals surface area (Å²) < 4.78 is 27.2. The van der Waals surface area contributed by atoms with E-state index in [2.05, 4.69) is 4.72 Å². The van der Waals surface area contributed by atoms with Crippen LogP contribution < -0.4 is 10.5 Å². The molecule has 0 atom stereocenters. The van der Waals surface area contributed by atoms with Crippen molar-refractivity contribution in [2.75, 3.05) is 4.72 Å². The summed E-state index contributed by atoms with van der Waals surface area (Å²) >= 11 is 10.9. The smallest absolute Gasteiger partial charge is 0.261 e. The number of halogens is 1. The van der Waals surface area contributed by atoms with Gasteiger partial charge in [0.1, 0.15) is 4.99 Å². The van der Waals surface area contributed by atoms with Crippen molar-refractivity contribution in [2.45, 2.75) is 11.8 Å². The number of sulfonamides is 1. The zero-order valence-electron chi connectivity index (χ0n) is 11.1. The number of thiocarbonyl (C=S) groups is 1. The maximum absolute atomic E-state index is 12.4. The number of nitrogens with two attached hydrogens (primary N) is 1. The Balaban J connectivity index is 2.38. The van der Waals surface area contributed by atoms with E-state index in [0.717, 1.165) is 5.56 Å². The molecule has 21 heavy (non-hydrogen) atoms. The Kier molecular flexibility index (Phi) is 4.51. The molecule has 0 amide bonds. The summed E-state index contributed by atoms with van der Waals surface area (Å²) in [5.41, 5.74) is 7.27. The van der Waals surface area contributed by atoms with Gasteiger partial charge in [0, 0.05) is 5.56 Å². The minimum absolute atomic E-state index is 0.0736. The molecular weight excluding hydrogens is 328 g/mol. The number of hydrogen-bond acceptors (Lipinski definition) is 3. The van der Waals surface area contributed by atoms with Gasteiger partial charge >= 0.3 is 0 Å². The zero-order valence-corrected chi connectivity index (χ0v) is 13.5.